The first kappa shape index (κ1) is 13.4. The lowest BCUT2D eigenvalue weighted by molar-refractivity contribution is -0.148. The van der Waals surface area contributed by atoms with Crippen molar-refractivity contribution < 1.29 is 19.5 Å². The van der Waals surface area contributed by atoms with Crippen LogP contribution in [0.1, 0.15) is 32.6 Å². The van der Waals surface area contributed by atoms with Crippen molar-refractivity contribution in [3.8, 4) is 0 Å². The van der Waals surface area contributed by atoms with Crippen molar-refractivity contribution in [1.29, 1.82) is 0 Å². The van der Waals surface area contributed by atoms with Crippen LogP contribution in [0.3, 0.4) is 0 Å². The second-order valence-corrected chi connectivity index (χ2v) is 6.49. The van der Waals surface area contributed by atoms with E-state index in [1.165, 1.54) is 11.8 Å². The van der Waals surface area contributed by atoms with E-state index in [0.29, 0.717) is 18.9 Å². The molecular formula is C12H17NO4S. The molecule has 5 nitrogen and oxygen atoms in total. The van der Waals surface area contributed by atoms with E-state index in [1.807, 2.05) is 0 Å². The number of rotatable bonds is 5. The average Bonchev–Trinajstić information content (AvgIpc) is 2.99. The predicted molar refractivity (Wildman–Crippen MR) is 67.2 cm³/mol. The first-order chi connectivity index (χ1) is 8.47. The Morgan fingerprint density at radius 1 is 1.50 bits per heavy atom. The molecule has 18 heavy (non-hydrogen) atoms. The lowest BCUT2D eigenvalue weighted by Gasteiger charge is -2.24. The number of carboxylic acids is 1. The molecule has 1 N–H and O–H groups in total. The Hall–Kier alpha value is -1.04. The van der Waals surface area contributed by atoms with Crippen LogP contribution in [-0.4, -0.2) is 44.8 Å². The predicted octanol–water partition coefficient (Wildman–Crippen LogP) is 1.12. The normalized spacial score (nSPS) is 25.3. The number of hydrogen-bond acceptors (Lipinski definition) is 4. The van der Waals surface area contributed by atoms with Crippen molar-refractivity contribution in [1.82, 2.24) is 4.90 Å². The van der Waals surface area contributed by atoms with Crippen molar-refractivity contribution in [3.05, 3.63) is 0 Å². The molecule has 0 aromatic carbocycles. The molecular weight excluding hydrogens is 254 g/mol. The number of aliphatic carboxylic acids is 1. The summed E-state index contributed by atoms with van der Waals surface area (Å²) in [7, 11) is 0. The van der Waals surface area contributed by atoms with Crippen molar-refractivity contribution in [2.24, 2.45) is 5.92 Å². The van der Waals surface area contributed by atoms with Gasteiger partial charge in [0, 0.05) is 25.1 Å². The molecule has 1 aliphatic heterocycles. The summed E-state index contributed by atoms with van der Waals surface area (Å²) in [6.07, 6.45) is 2.96. The van der Waals surface area contributed by atoms with Gasteiger partial charge in [0.2, 0.25) is 5.91 Å². The first-order valence-corrected chi connectivity index (χ1v) is 7.05. The van der Waals surface area contributed by atoms with Crippen LogP contribution in [0, 0.1) is 5.92 Å². The molecule has 2 unspecified atom stereocenters. The second-order valence-electron chi connectivity index (χ2n) is 5.01. The zero-order valence-corrected chi connectivity index (χ0v) is 11.1. The highest BCUT2D eigenvalue weighted by molar-refractivity contribution is 8.14. The van der Waals surface area contributed by atoms with Gasteiger partial charge in [0.05, 0.1) is 0 Å². The van der Waals surface area contributed by atoms with Gasteiger partial charge in [-0.15, -0.1) is 0 Å². The number of amides is 1. The molecule has 2 aliphatic rings. The fourth-order valence-electron chi connectivity index (χ4n) is 2.34. The Kier molecular flexibility index (Phi) is 3.94. The molecule has 0 aromatic rings. The van der Waals surface area contributed by atoms with Gasteiger partial charge >= 0.3 is 5.97 Å². The van der Waals surface area contributed by atoms with E-state index in [1.54, 1.807) is 0 Å². The molecule has 1 heterocycles. The first-order valence-electron chi connectivity index (χ1n) is 6.17. The summed E-state index contributed by atoms with van der Waals surface area (Å²) in [4.78, 5) is 35.6. The molecule has 6 heteroatoms. The molecule has 0 spiro atoms. The fourth-order valence-corrected chi connectivity index (χ4v) is 3.27. The number of nitrogens with zero attached hydrogens (tertiary/aromatic N) is 1. The van der Waals surface area contributed by atoms with E-state index in [4.69, 9.17) is 0 Å². The van der Waals surface area contributed by atoms with Crippen LogP contribution < -0.4 is 0 Å². The van der Waals surface area contributed by atoms with E-state index >= 15 is 0 Å². The third-order valence-corrected chi connectivity index (χ3v) is 4.35. The molecule has 0 bridgehead atoms. The lowest BCUT2D eigenvalue weighted by Crippen LogP contribution is -2.42. The lowest BCUT2D eigenvalue weighted by atomic mass is 10.1. The summed E-state index contributed by atoms with van der Waals surface area (Å²) >= 11 is 1.14. The number of carbonyl (C=O) groups excluding carboxylic acids is 2. The Bertz CT molecular complexity index is 380. The summed E-state index contributed by atoms with van der Waals surface area (Å²) in [5, 5.41) is 9.12. The SMILES string of the molecule is CC(=O)SC1CC(=O)N(C(CC2CC2)C(=O)O)C1. The van der Waals surface area contributed by atoms with Crippen LogP contribution in [0.4, 0.5) is 0 Å². The number of thioether (sulfide) groups is 1. The van der Waals surface area contributed by atoms with Gasteiger partial charge in [-0.1, -0.05) is 24.6 Å². The quantitative estimate of drug-likeness (QED) is 0.811. The second kappa shape index (κ2) is 5.30. The smallest absolute Gasteiger partial charge is 0.326 e. The topological polar surface area (TPSA) is 74.7 Å². The zero-order chi connectivity index (χ0) is 13.3. The summed E-state index contributed by atoms with van der Waals surface area (Å²) < 4.78 is 0. The van der Waals surface area contributed by atoms with Crippen LogP contribution >= 0.6 is 11.8 Å². The van der Waals surface area contributed by atoms with Crippen LogP contribution in [0.15, 0.2) is 0 Å². The molecule has 100 valence electrons. The van der Waals surface area contributed by atoms with Crippen LogP contribution in [-0.2, 0) is 14.4 Å². The van der Waals surface area contributed by atoms with Gasteiger partial charge in [-0.3, -0.25) is 9.59 Å². The van der Waals surface area contributed by atoms with E-state index in [2.05, 4.69) is 0 Å². The summed E-state index contributed by atoms with van der Waals surface area (Å²) in [6, 6.07) is -0.706. The molecule has 2 atom stereocenters. The van der Waals surface area contributed by atoms with E-state index in [-0.39, 0.29) is 22.7 Å². The molecule has 1 saturated heterocycles. The fraction of sp³-hybridized carbons (Fsp3) is 0.750. The Balaban J connectivity index is 1.99. The van der Waals surface area contributed by atoms with Crippen LogP contribution in [0.5, 0.6) is 0 Å². The standard InChI is InChI=1S/C12H17NO4S/c1-7(14)18-9-5-11(15)13(6-9)10(12(16)17)4-8-2-3-8/h8-10H,2-6H2,1H3,(H,16,17). The molecule has 0 radical (unpaired) electrons. The Morgan fingerprint density at radius 3 is 2.67 bits per heavy atom. The third kappa shape index (κ3) is 3.25. The van der Waals surface area contributed by atoms with Crippen molar-refractivity contribution in [2.45, 2.75) is 43.9 Å². The van der Waals surface area contributed by atoms with E-state index in [0.717, 1.165) is 24.6 Å². The van der Waals surface area contributed by atoms with Crippen molar-refractivity contribution in [2.75, 3.05) is 6.54 Å². The minimum atomic E-state index is -0.927. The largest absolute Gasteiger partial charge is 0.480 e. The maximum atomic E-state index is 11.9. The maximum Gasteiger partial charge on any atom is 0.326 e. The highest BCUT2D eigenvalue weighted by atomic mass is 32.2. The molecule has 2 fully saturated rings. The number of likely N-dealkylation sites (tertiary alicyclic amines) is 1. The van der Waals surface area contributed by atoms with Gasteiger partial charge in [-0.05, 0) is 12.3 Å². The van der Waals surface area contributed by atoms with Gasteiger partial charge in [0.15, 0.2) is 5.12 Å². The van der Waals surface area contributed by atoms with Crippen molar-refractivity contribution >= 4 is 28.8 Å². The van der Waals surface area contributed by atoms with Crippen LogP contribution in [0.2, 0.25) is 0 Å². The van der Waals surface area contributed by atoms with E-state index < -0.39 is 12.0 Å². The highest BCUT2D eigenvalue weighted by Gasteiger charge is 2.40. The van der Waals surface area contributed by atoms with Gasteiger partial charge in [-0.25, -0.2) is 4.79 Å². The number of carbonyl (C=O) groups is 3. The van der Waals surface area contributed by atoms with Crippen LogP contribution in [0.25, 0.3) is 0 Å². The molecule has 1 saturated carbocycles. The Morgan fingerprint density at radius 2 is 2.17 bits per heavy atom. The maximum absolute atomic E-state index is 11.9. The van der Waals surface area contributed by atoms with Crippen molar-refractivity contribution in [3.63, 3.8) is 0 Å². The van der Waals surface area contributed by atoms with Gasteiger partial charge in [0.1, 0.15) is 6.04 Å². The van der Waals surface area contributed by atoms with Gasteiger partial charge in [-0.2, -0.15) is 0 Å². The molecule has 1 amide bonds. The summed E-state index contributed by atoms with van der Waals surface area (Å²) in [5.41, 5.74) is 0. The minimum Gasteiger partial charge on any atom is -0.480 e. The highest BCUT2D eigenvalue weighted by Crippen LogP contribution is 2.36. The molecule has 2 rings (SSSR count). The monoisotopic (exact) mass is 271 g/mol. The Labute approximate surface area is 110 Å². The number of hydrogen-bond donors (Lipinski definition) is 1. The minimum absolute atomic E-state index is 0.0243. The van der Waals surface area contributed by atoms with Gasteiger partial charge in [0.25, 0.3) is 0 Å². The summed E-state index contributed by atoms with van der Waals surface area (Å²) in [6.45, 7) is 1.85. The summed E-state index contributed by atoms with van der Waals surface area (Å²) in [5.74, 6) is -0.607. The zero-order valence-electron chi connectivity index (χ0n) is 10.3. The molecule has 0 aromatic heterocycles. The third-order valence-electron chi connectivity index (χ3n) is 3.37. The molecule has 1 aliphatic carbocycles. The number of carboxylic acid groups (broad SMARTS) is 1. The van der Waals surface area contributed by atoms with Gasteiger partial charge < -0.3 is 10.0 Å². The average molecular weight is 271 g/mol. The van der Waals surface area contributed by atoms with E-state index in [9.17, 15) is 19.5 Å².